The average molecular weight is 259 g/mol. The van der Waals surface area contributed by atoms with Crippen molar-refractivity contribution in [1.29, 1.82) is 0 Å². The SMILES string of the molecule is CCC(CCCl)CNC(=O)c1cncc(F)c1. The molecule has 5 heteroatoms. The van der Waals surface area contributed by atoms with Crippen molar-refractivity contribution in [1.82, 2.24) is 10.3 Å². The number of amides is 1. The number of halogens is 2. The van der Waals surface area contributed by atoms with Crippen molar-refractivity contribution >= 4 is 17.5 Å². The van der Waals surface area contributed by atoms with Gasteiger partial charge in [-0.2, -0.15) is 0 Å². The average Bonchev–Trinajstić information content (AvgIpc) is 2.34. The van der Waals surface area contributed by atoms with Crippen molar-refractivity contribution in [3.63, 3.8) is 0 Å². The molecule has 0 aliphatic rings. The Balaban J connectivity index is 2.49. The molecule has 0 radical (unpaired) electrons. The fourth-order valence-electron chi connectivity index (χ4n) is 1.48. The van der Waals surface area contributed by atoms with E-state index in [1.54, 1.807) is 0 Å². The van der Waals surface area contributed by atoms with Gasteiger partial charge in [-0.15, -0.1) is 11.6 Å². The van der Waals surface area contributed by atoms with E-state index in [0.717, 1.165) is 19.0 Å². The summed E-state index contributed by atoms with van der Waals surface area (Å²) >= 11 is 5.66. The first-order valence-corrected chi connectivity index (χ1v) is 6.15. The zero-order valence-corrected chi connectivity index (χ0v) is 10.5. The number of rotatable bonds is 6. The van der Waals surface area contributed by atoms with Gasteiger partial charge in [-0.1, -0.05) is 13.3 Å². The molecular formula is C12H16ClFN2O. The maximum atomic E-state index is 12.9. The number of nitrogens with zero attached hydrogens (tertiary/aromatic N) is 1. The van der Waals surface area contributed by atoms with E-state index < -0.39 is 5.82 Å². The smallest absolute Gasteiger partial charge is 0.252 e. The summed E-state index contributed by atoms with van der Waals surface area (Å²) in [5.41, 5.74) is 0.241. The topological polar surface area (TPSA) is 42.0 Å². The van der Waals surface area contributed by atoms with Crippen LogP contribution in [-0.4, -0.2) is 23.3 Å². The fourth-order valence-corrected chi connectivity index (χ4v) is 1.79. The van der Waals surface area contributed by atoms with E-state index >= 15 is 0 Å². The lowest BCUT2D eigenvalue weighted by Crippen LogP contribution is -2.29. The van der Waals surface area contributed by atoms with Gasteiger partial charge in [-0.3, -0.25) is 9.78 Å². The van der Waals surface area contributed by atoms with Crippen LogP contribution in [0.1, 0.15) is 30.1 Å². The third-order valence-corrected chi connectivity index (χ3v) is 2.83. The second kappa shape index (κ2) is 7.22. The minimum Gasteiger partial charge on any atom is -0.352 e. The molecule has 94 valence electrons. The highest BCUT2D eigenvalue weighted by Crippen LogP contribution is 2.08. The fraction of sp³-hybridized carbons (Fsp3) is 0.500. The number of carbonyl (C=O) groups excluding carboxylic acids is 1. The van der Waals surface area contributed by atoms with Crippen LogP contribution in [0.5, 0.6) is 0 Å². The number of hydrogen-bond acceptors (Lipinski definition) is 2. The summed E-state index contributed by atoms with van der Waals surface area (Å²) < 4.78 is 12.9. The zero-order chi connectivity index (χ0) is 12.7. The molecule has 0 spiro atoms. The molecule has 1 aromatic heterocycles. The number of carbonyl (C=O) groups is 1. The van der Waals surface area contributed by atoms with Gasteiger partial charge in [0.2, 0.25) is 0 Å². The second-order valence-electron chi connectivity index (χ2n) is 3.85. The normalized spacial score (nSPS) is 12.2. The van der Waals surface area contributed by atoms with Gasteiger partial charge in [-0.05, 0) is 18.4 Å². The van der Waals surface area contributed by atoms with Crippen LogP contribution < -0.4 is 5.32 Å². The quantitative estimate of drug-likeness (QED) is 0.797. The molecule has 0 aliphatic carbocycles. The maximum Gasteiger partial charge on any atom is 0.252 e. The van der Waals surface area contributed by atoms with E-state index in [2.05, 4.69) is 10.3 Å². The number of hydrogen-bond donors (Lipinski definition) is 1. The van der Waals surface area contributed by atoms with Crippen LogP contribution in [0.3, 0.4) is 0 Å². The van der Waals surface area contributed by atoms with Gasteiger partial charge in [-0.25, -0.2) is 4.39 Å². The molecule has 1 unspecified atom stereocenters. The molecular weight excluding hydrogens is 243 g/mol. The molecule has 1 aromatic rings. The summed E-state index contributed by atoms with van der Waals surface area (Å²) in [7, 11) is 0. The summed E-state index contributed by atoms with van der Waals surface area (Å²) in [4.78, 5) is 15.3. The van der Waals surface area contributed by atoms with Crippen molar-refractivity contribution < 1.29 is 9.18 Å². The van der Waals surface area contributed by atoms with Crippen molar-refractivity contribution in [3.05, 3.63) is 29.8 Å². The van der Waals surface area contributed by atoms with E-state index in [1.165, 1.54) is 12.3 Å². The Kier molecular flexibility index (Phi) is 5.91. The maximum absolute atomic E-state index is 12.9. The Morgan fingerprint density at radius 3 is 2.94 bits per heavy atom. The van der Waals surface area contributed by atoms with Crippen LogP contribution in [0.15, 0.2) is 18.5 Å². The van der Waals surface area contributed by atoms with Gasteiger partial charge in [0.05, 0.1) is 11.8 Å². The number of nitrogens with one attached hydrogen (secondary N) is 1. The number of aromatic nitrogens is 1. The Morgan fingerprint density at radius 2 is 2.35 bits per heavy atom. The molecule has 1 rings (SSSR count). The molecule has 0 bridgehead atoms. The van der Waals surface area contributed by atoms with E-state index in [-0.39, 0.29) is 11.5 Å². The van der Waals surface area contributed by atoms with Crippen LogP contribution in [-0.2, 0) is 0 Å². The van der Waals surface area contributed by atoms with Crippen LogP contribution in [0.25, 0.3) is 0 Å². The molecule has 0 aromatic carbocycles. The highest BCUT2D eigenvalue weighted by Gasteiger charge is 2.10. The van der Waals surface area contributed by atoms with Crippen LogP contribution in [0.4, 0.5) is 4.39 Å². The van der Waals surface area contributed by atoms with E-state index in [4.69, 9.17) is 11.6 Å². The van der Waals surface area contributed by atoms with Gasteiger partial charge in [0, 0.05) is 18.6 Å². The second-order valence-corrected chi connectivity index (χ2v) is 4.23. The van der Waals surface area contributed by atoms with Gasteiger partial charge >= 0.3 is 0 Å². The van der Waals surface area contributed by atoms with Gasteiger partial charge in [0.1, 0.15) is 5.82 Å². The van der Waals surface area contributed by atoms with E-state index in [1.807, 2.05) is 6.92 Å². The van der Waals surface area contributed by atoms with Crippen molar-refractivity contribution in [3.8, 4) is 0 Å². The van der Waals surface area contributed by atoms with E-state index in [0.29, 0.717) is 18.3 Å². The largest absolute Gasteiger partial charge is 0.352 e. The van der Waals surface area contributed by atoms with E-state index in [9.17, 15) is 9.18 Å². The molecule has 1 N–H and O–H groups in total. The predicted molar refractivity (Wildman–Crippen MR) is 65.6 cm³/mol. The van der Waals surface area contributed by atoms with Crippen molar-refractivity contribution in [2.75, 3.05) is 12.4 Å². The predicted octanol–water partition coefficient (Wildman–Crippen LogP) is 2.61. The summed E-state index contributed by atoms with van der Waals surface area (Å²) in [6.45, 7) is 2.60. The highest BCUT2D eigenvalue weighted by atomic mass is 35.5. The number of pyridine rings is 1. The first kappa shape index (κ1) is 13.9. The van der Waals surface area contributed by atoms with Gasteiger partial charge in [0.25, 0.3) is 5.91 Å². The third-order valence-electron chi connectivity index (χ3n) is 2.61. The van der Waals surface area contributed by atoms with Crippen LogP contribution in [0, 0.1) is 11.7 Å². The molecule has 1 atom stereocenters. The zero-order valence-electron chi connectivity index (χ0n) is 9.75. The molecule has 0 fully saturated rings. The molecule has 1 amide bonds. The lowest BCUT2D eigenvalue weighted by Gasteiger charge is -2.14. The summed E-state index contributed by atoms with van der Waals surface area (Å²) in [6.07, 6.45) is 4.23. The summed E-state index contributed by atoms with van der Waals surface area (Å²) in [5, 5.41) is 2.76. The highest BCUT2D eigenvalue weighted by molar-refractivity contribution is 6.17. The van der Waals surface area contributed by atoms with Crippen molar-refractivity contribution in [2.45, 2.75) is 19.8 Å². The molecule has 0 aliphatic heterocycles. The van der Waals surface area contributed by atoms with Crippen LogP contribution >= 0.6 is 11.6 Å². The van der Waals surface area contributed by atoms with Gasteiger partial charge < -0.3 is 5.32 Å². The molecule has 0 saturated heterocycles. The first-order valence-electron chi connectivity index (χ1n) is 5.62. The first-order chi connectivity index (χ1) is 8.17. The lowest BCUT2D eigenvalue weighted by molar-refractivity contribution is 0.0945. The Labute approximate surface area is 105 Å². The molecule has 1 heterocycles. The lowest BCUT2D eigenvalue weighted by atomic mass is 10.0. The summed E-state index contributed by atoms with van der Waals surface area (Å²) in [5.74, 6) is 0.129. The van der Waals surface area contributed by atoms with Crippen molar-refractivity contribution in [2.24, 2.45) is 5.92 Å². The minimum atomic E-state index is -0.509. The molecule has 3 nitrogen and oxygen atoms in total. The minimum absolute atomic E-state index is 0.241. The van der Waals surface area contributed by atoms with Gasteiger partial charge in [0.15, 0.2) is 0 Å². The number of alkyl halides is 1. The molecule has 17 heavy (non-hydrogen) atoms. The monoisotopic (exact) mass is 258 g/mol. The Morgan fingerprint density at radius 1 is 1.59 bits per heavy atom. The summed E-state index contributed by atoms with van der Waals surface area (Å²) in [6, 6.07) is 1.17. The standard InChI is InChI=1S/C12H16ClFN2O/c1-2-9(3-4-13)6-16-12(17)10-5-11(14)8-15-7-10/h5,7-9H,2-4,6H2,1H3,(H,16,17). The van der Waals surface area contributed by atoms with Crippen LogP contribution in [0.2, 0.25) is 0 Å². The third kappa shape index (κ3) is 4.69. The molecule has 0 saturated carbocycles. The Bertz CT molecular complexity index is 373. The Hall–Kier alpha value is -1.16.